The zero-order valence-corrected chi connectivity index (χ0v) is 15.3. The highest BCUT2D eigenvalue weighted by atomic mass is 79.9. The van der Waals surface area contributed by atoms with E-state index in [0.717, 1.165) is 0 Å². The zero-order valence-electron chi connectivity index (χ0n) is 13.0. The van der Waals surface area contributed by atoms with E-state index in [0.29, 0.717) is 21.7 Å². The molecule has 0 saturated heterocycles. The molecule has 0 aliphatic rings. The summed E-state index contributed by atoms with van der Waals surface area (Å²) >= 11 is 9.31. The van der Waals surface area contributed by atoms with Gasteiger partial charge >= 0.3 is 6.61 Å². The molecule has 0 aliphatic heterocycles. The van der Waals surface area contributed by atoms with Crippen LogP contribution in [0.4, 0.5) is 8.78 Å². The van der Waals surface area contributed by atoms with Crippen LogP contribution in [0.15, 0.2) is 28.9 Å². The highest BCUT2D eigenvalue weighted by molar-refractivity contribution is 9.10. The van der Waals surface area contributed by atoms with Crippen molar-refractivity contribution in [3.8, 4) is 5.75 Å². The molecule has 1 heterocycles. The number of alkyl halides is 2. The Kier molecular flexibility index (Phi) is 6.17. The van der Waals surface area contributed by atoms with Crippen molar-refractivity contribution in [1.29, 1.82) is 0 Å². The highest BCUT2D eigenvalue weighted by Gasteiger charge is 2.21. The van der Waals surface area contributed by atoms with E-state index in [-0.39, 0.29) is 17.9 Å². The van der Waals surface area contributed by atoms with Crippen LogP contribution in [0.5, 0.6) is 5.75 Å². The molecule has 2 aromatic rings. The van der Waals surface area contributed by atoms with Gasteiger partial charge in [-0.25, -0.2) is 0 Å². The van der Waals surface area contributed by atoms with Crippen LogP contribution < -0.4 is 4.74 Å². The SMILES string of the molecule is CCn1cc(Cl)c(CN(C)C(=O)c2cc(Br)ccc2OC(F)F)n1. The van der Waals surface area contributed by atoms with Gasteiger partial charge < -0.3 is 9.64 Å². The van der Waals surface area contributed by atoms with E-state index in [2.05, 4.69) is 25.8 Å². The molecule has 24 heavy (non-hydrogen) atoms. The average Bonchev–Trinajstić information content (AvgIpc) is 2.88. The third-order valence-electron chi connectivity index (χ3n) is 3.23. The quantitative estimate of drug-likeness (QED) is 0.701. The number of hydrogen-bond acceptors (Lipinski definition) is 3. The maximum Gasteiger partial charge on any atom is 0.387 e. The molecule has 5 nitrogen and oxygen atoms in total. The topological polar surface area (TPSA) is 47.4 Å². The van der Waals surface area contributed by atoms with Gasteiger partial charge in [0.2, 0.25) is 0 Å². The maximum atomic E-state index is 12.6. The van der Waals surface area contributed by atoms with Crippen LogP contribution in [0.25, 0.3) is 0 Å². The van der Waals surface area contributed by atoms with Crippen LogP contribution in [0.3, 0.4) is 0 Å². The number of aromatic nitrogens is 2. The molecular weight excluding hydrogens is 408 g/mol. The number of carbonyl (C=O) groups is 1. The molecule has 0 fully saturated rings. The van der Waals surface area contributed by atoms with Gasteiger partial charge in [-0.15, -0.1) is 0 Å². The summed E-state index contributed by atoms with van der Waals surface area (Å²) in [6.07, 6.45) is 1.67. The van der Waals surface area contributed by atoms with Crippen LogP contribution in [-0.4, -0.2) is 34.2 Å². The Morgan fingerprint density at radius 2 is 2.21 bits per heavy atom. The largest absolute Gasteiger partial charge is 0.434 e. The lowest BCUT2D eigenvalue weighted by atomic mass is 10.1. The minimum absolute atomic E-state index is 0.0261. The predicted octanol–water partition coefficient (Wildman–Crippen LogP) is 4.19. The second kappa shape index (κ2) is 7.94. The van der Waals surface area contributed by atoms with Crippen molar-refractivity contribution in [3.05, 3.63) is 45.1 Å². The fraction of sp³-hybridized carbons (Fsp3) is 0.333. The maximum absolute atomic E-state index is 12.6. The van der Waals surface area contributed by atoms with E-state index < -0.39 is 12.5 Å². The van der Waals surface area contributed by atoms with E-state index in [4.69, 9.17) is 11.6 Å². The number of halogens is 4. The van der Waals surface area contributed by atoms with Crippen LogP contribution >= 0.6 is 27.5 Å². The van der Waals surface area contributed by atoms with Gasteiger partial charge in [-0.2, -0.15) is 13.9 Å². The molecule has 1 amide bonds. The first-order valence-electron chi connectivity index (χ1n) is 7.03. The first-order chi connectivity index (χ1) is 11.3. The number of hydrogen-bond donors (Lipinski definition) is 0. The Labute approximate surface area is 151 Å². The number of nitrogens with zero attached hydrogens (tertiary/aromatic N) is 3. The molecule has 2 rings (SSSR count). The van der Waals surface area contributed by atoms with Gasteiger partial charge in [0.25, 0.3) is 5.91 Å². The molecule has 0 bridgehead atoms. The normalized spacial score (nSPS) is 11.0. The first-order valence-corrected chi connectivity index (χ1v) is 8.20. The van der Waals surface area contributed by atoms with Crippen LogP contribution in [0, 0.1) is 0 Å². The van der Waals surface area contributed by atoms with Gasteiger partial charge in [0.05, 0.1) is 17.1 Å². The lowest BCUT2D eigenvalue weighted by Crippen LogP contribution is -2.27. The minimum Gasteiger partial charge on any atom is -0.434 e. The van der Waals surface area contributed by atoms with Crippen molar-refractivity contribution in [2.45, 2.75) is 26.6 Å². The number of benzene rings is 1. The minimum atomic E-state index is -3.02. The Morgan fingerprint density at radius 3 is 2.79 bits per heavy atom. The molecule has 0 spiro atoms. The summed E-state index contributed by atoms with van der Waals surface area (Å²) in [4.78, 5) is 13.9. The van der Waals surface area contributed by atoms with E-state index in [9.17, 15) is 13.6 Å². The van der Waals surface area contributed by atoms with Crippen molar-refractivity contribution >= 4 is 33.4 Å². The Balaban J connectivity index is 2.23. The fourth-order valence-corrected chi connectivity index (χ4v) is 2.65. The molecule has 0 unspecified atom stereocenters. The smallest absolute Gasteiger partial charge is 0.387 e. The summed E-state index contributed by atoms with van der Waals surface area (Å²) in [5, 5.41) is 4.70. The van der Waals surface area contributed by atoms with Crippen LogP contribution in [0.1, 0.15) is 23.0 Å². The highest BCUT2D eigenvalue weighted by Crippen LogP contribution is 2.26. The van der Waals surface area contributed by atoms with Gasteiger partial charge in [0.1, 0.15) is 11.4 Å². The second-order valence-corrected chi connectivity index (χ2v) is 6.28. The van der Waals surface area contributed by atoms with Crippen molar-refractivity contribution in [2.24, 2.45) is 0 Å². The van der Waals surface area contributed by atoms with Gasteiger partial charge in [0, 0.05) is 24.3 Å². The molecule has 1 aromatic heterocycles. The second-order valence-electron chi connectivity index (χ2n) is 4.96. The van der Waals surface area contributed by atoms with E-state index in [1.54, 1.807) is 10.9 Å². The van der Waals surface area contributed by atoms with Crippen molar-refractivity contribution in [1.82, 2.24) is 14.7 Å². The van der Waals surface area contributed by atoms with Gasteiger partial charge in [-0.3, -0.25) is 9.48 Å². The molecule has 0 aliphatic carbocycles. The third-order valence-corrected chi connectivity index (χ3v) is 4.04. The summed E-state index contributed by atoms with van der Waals surface area (Å²) in [7, 11) is 1.54. The number of amides is 1. The van der Waals surface area contributed by atoms with Crippen molar-refractivity contribution < 1.29 is 18.3 Å². The Morgan fingerprint density at radius 1 is 1.50 bits per heavy atom. The van der Waals surface area contributed by atoms with E-state index in [1.807, 2.05) is 6.92 Å². The number of aryl methyl sites for hydroxylation is 1. The fourth-order valence-electron chi connectivity index (χ4n) is 2.08. The molecular formula is C15H15BrClF2N3O2. The Hall–Kier alpha value is -1.67. The molecule has 0 radical (unpaired) electrons. The number of carbonyl (C=O) groups excluding carboxylic acids is 1. The summed E-state index contributed by atoms with van der Waals surface area (Å²) in [5.74, 6) is -0.663. The molecule has 0 N–H and O–H groups in total. The lowest BCUT2D eigenvalue weighted by Gasteiger charge is -2.18. The summed E-state index contributed by atoms with van der Waals surface area (Å²) in [6, 6.07) is 4.27. The lowest BCUT2D eigenvalue weighted by molar-refractivity contribution is -0.0502. The third kappa shape index (κ3) is 4.45. The van der Waals surface area contributed by atoms with Crippen LogP contribution in [-0.2, 0) is 13.1 Å². The molecule has 1 aromatic carbocycles. The predicted molar refractivity (Wildman–Crippen MR) is 89.5 cm³/mol. The summed E-state index contributed by atoms with van der Waals surface area (Å²) in [5.41, 5.74) is 0.555. The monoisotopic (exact) mass is 421 g/mol. The molecule has 0 saturated carbocycles. The standard InChI is InChI=1S/C15H15BrClF2N3O2/c1-3-22-7-11(17)12(20-22)8-21(2)14(23)10-6-9(16)4-5-13(10)24-15(18)19/h4-7,15H,3,8H2,1-2H3. The van der Waals surface area contributed by atoms with Gasteiger partial charge in [-0.05, 0) is 25.1 Å². The van der Waals surface area contributed by atoms with Crippen molar-refractivity contribution in [3.63, 3.8) is 0 Å². The first kappa shape index (κ1) is 18.7. The molecule has 130 valence electrons. The molecule has 0 atom stereocenters. The molecule has 9 heteroatoms. The summed E-state index contributed by atoms with van der Waals surface area (Å²) < 4.78 is 31.7. The summed E-state index contributed by atoms with van der Waals surface area (Å²) in [6.45, 7) is -0.310. The number of ether oxygens (including phenoxy) is 1. The number of rotatable bonds is 6. The zero-order chi connectivity index (χ0) is 17.9. The van der Waals surface area contributed by atoms with Gasteiger partial charge in [0.15, 0.2) is 0 Å². The Bertz CT molecular complexity index is 740. The van der Waals surface area contributed by atoms with E-state index >= 15 is 0 Å². The van der Waals surface area contributed by atoms with E-state index in [1.165, 1.54) is 30.1 Å². The van der Waals surface area contributed by atoms with Crippen LogP contribution in [0.2, 0.25) is 5.02 Å². The van der Waals surface area contributed by atoms with Gasteiger partial charge in [-0.1, -0.05) is 27.5 Å². The van der Waals surface area contributed by atoms with Crippen molar-refractivity contribution in [2.75, 3.05) is 7.05 Å². The average molecular weight is 423 g/mol.